The van der Waals surface area contributed by atoms with Crippen molar-refractivity contribution in [2.24, 2.45) is 5.73 Å². The minimum atomic E-state index is -3.70. The fourth-order valence-electron chi connectivity index (χ4n) is 2.93. The molecule has 0 aliphatic heterocycles. The molecule has 1 saturated carbocycles. The highest BCUT2D eigenvalue weighted by Crippen LogP contribution is 2.28. The predicted octanol–water partition coefficient (Wildman–Crippen LogP) is 1.30. The van der Waals surface area contributed by atoms with E-state index in [2.05, 4.69) is 0 Å². The van der Waals surface area contributed by atoms with Crippen molar-refractivity contribution in [1.29, 1.82) is 0 Å². The van der Waals surface area contributed by atoms with Crippen molar-refractivity contribution in [2.75, 3.05) is 0 Å². The van der Waals surface area contributed by atoms with Gasteiger partial charge in [-0.3, -0.25) is 14.4 Å². The van der Waals surface area contributed by atoms with Gasteiger partial charge in [0.05, 0.1) is 10.8 Å². The lowest BCUT2D eigenvalue weighted by Crippen LogP contribution is -2.33. The second-order valence-corrected chi connectivity index (χ2v) is 9.99. The summed E-state index contributed by atoms with van der Waals surface area (Å²) in [7, 11) is -3.70. The van der Waals surface area contributed by atoms with Gasteiger partial charge in [0.1, 0.15) is 12.1 Å². The first kappa shape index (κ1) is 20.8. The number of hydrogen-bond donors (Lipinski definition) is 2. The van der Waals surface area contributed by atoms with Crippen LogP contribution in [0.5, 0.6) is 0 Å². The van der Waals surface area contributed by atoms with Gasteiger partial charge in [-0.15, -0.1) is 0 Å². The Kier molecular flexibility index (Phi) is 5.16. The molecule has 2 aromatic rings. The van der Waals surface area contributed by atoms with Crippen LogP contribution in [0.2, 0.25) is 0 Å². The van der Waals surface area contributed by atoms with Crippen LogP contribution in [0.15, 0.2) is 24.4 Å². The Morgan fingerprint density at radius 3 is 2.45 bits per heavy atom. The quantitative estimate of drug-likeness (QED) is 0.675. The molecule has 3 rings (SSSR count). The zero-order chi connectivity index (χ0) is 21.6. The van der Waals surface area contributed by atoms with Crippen LogP contribution in [0.4, 0.5) is 0 Å². The number of nitrogens with one attached hydrogen (secondary N) is 1. The van der Waals surface area contributed by atoms with Crippen LogP contribution in [-0.4, -0.2) is 41.6 Å². The molecule has 1 aromatic carbocycles. The number of carbonyl (C=O) groups is 3. The molecular weight excluding hydrogens is 398 g/mol. The Morgan fingerprint density at radius 2 is 1.90 bits per heavy atom. The normalized spacial score (nSPS) is 14.6. The Labute approximate surface area is 168 Å². The monoisotopic (exact) mass is 421 g/mol. The second kappa shape index (κ2) is 7.18. The highest BCUT2D eigenvalue weighted by atomic mass is 32.2. The molecule has 1 aliphatic rings. The van der Waals surface area contributed by atoms with Crippen LogP contribution >= 0.6 is 0 Å². The maximum atomic E-state index is 12.4. The minimum Gasteiger partial charge on any atom is -0.459 e. The molecule has 9 nitrogen and oxygen atoms in total. The van der Waals surface area contributed by atoms with E-state index in [0.717, 1.165) is 0 Å². The maximum Gasteiger partial charge on any atom is 0.326 e. The summed E-state index contributed by atoms with van der Waals surface area (Å²) < 4.78 is 32.8. The maximum absolute atomic E-state index is 12.4. The standard InChI is InChI=1S/C19H23N3O6S/c1-19(2,3)28-16(23)10-22-9-14(17(20)24)13-8-11(4-7-15(13)22)18(25)21-29(26,27)12-5-6-12/h4,7-9,12H,5-6,10H2,1-3H3,(H2,20,24)(H,21,25). The number of nitrogens with two attached hydrogens (primary N) is 1. The summed E-state index contributed by atoms with van der Waals surface area (Å²) >= 11 is 0. The highest BCUT2D eigenvalue weighted by molar-refractivity contribution is 7.91. The molecule has 0 bridgehead atoms. The van der Waals surface area contributed by atoms with Crippen molar-refractivity contribution in [1.82, 2.24) is 9.29 Å². The van der Waals surface area contributed by atoms with Crippen molar-refractivity contribution < 1.29 is 27.5 Å². The van der Waals surface area contributed by atoms with Crippen molar-refractivity contribution in [3.63, 3.8) is 0 Å². The lowest BCUT2D eigenvalue weighted by Gasteiger charge is -2.19. The minimum absolute atomic E-state index is 0.0687. The Morgan fingerprint density at radius 1 is 1.24 bits per heavy atom. The molecule has 0 unspecified atom stereocenters. The van der Waals surface area contributed by atoms with E-state index < -0.39 is 38.7 Å². The number of rotatable bonds is 6. The summed E-state index contributed by atoms with van der Waals surface area (Å²) in [5, 5.41) is -0.191. The highest BCUT2D eigenvalue weighted by Gasteiger charge is 2.37. The summed E-state index contributed by atoms with van der Waals surface area (Å²) in [5.41, 5.74) is 5.45. The van der Waals surface area contributed by atoms with Crippen LogP contribution < -0.4 is 10.5 Å². The lowest BCUT2D eigenvalue weighted by molar-refractivity contribution is -0.155. The van der Waals surface area contributed by atoms with E-state index in [9.17, 15) is 22.8 Å². The van der Waals surface area contributed by atoms with Gasteiger partial charge in [-0.25, -0.2) is 13.1 Å². The zero-order valence-electron chi connectivity index (χ0n) is 16.4. The number of benzene rings is 1. The molecule has 1 aromatic heterocycles. The first-order valence-corrected chi connectivity index (χ1v) is 10.6. The molecule has 1 heterocycles. The van der Waals surface area contributed by atoms with Gasteiger partial charge in [-0.05, 0) is 51.8 Å². The molecule has 0 atom stereocenters. The number of primary amides is 1. The third kappa shape index (κ3) is 4.76. The molecule has 0 spiro atoms. The van der Waals surface area contributed by atoms with E-state index >= 15 is 0 Å². The summed E-state index contributed by atoms with van der Waals surface area (Å²) in [5.74, 6) is -2.02. The number of aromatic nitrogens is 1. The van der Waals surface area contributed by atoms with E-state index in [-0.39, 0.29) is 17.7 Å². The zero-order valence-corrected chi connectivity index (χ0v) is 17.2. The van der Waals surface area contributed by atoms with Gasteiger partial charge in [0.2, 0.25) is 10.0 Å². The molecule has 0 saturated heterocycles. The smallest absolute Gasteiger partial charge is 0.326 e. The third-order valence-electron chi connectivity index (χ3n) is 4.33. The summed E-state index contributed by atoms with van der Waals surface area (Å²) in [6.45, 7) is 5.08. The van der Waals surface area contributed by atoms with Crippen LogP contribution in [-0.2, 0) is 26.1 Å². The van der Waals surface area contributed by atoms with E-state index in [1.165, 1.54) is 29.0 Å². The first-order chi connectivity index (χ1) is 13.4. The van der Waals surface area contributed by atoms with Crippen LogP contribution in [0.25, 0.3) is 10.9 Å². The Balaban J connectivity index is 1.93. The van der Waals surface area contributed by atoms with Crippen LogP contribution in [0, 0.1) is 0 Å². The fourth-order valence-corrected chi connectivity index (χ4v) is 4.23. The number of carbonyl (C=O) groups excluding carboxylic acids is 3. The van der Waals surface area contributed by atoms with Gasteiger partial charge in [0.25, 0.3) is 11.8 Å². The molecule has 2 amide bonds. The lowest BCUT2D eigenvalue weighted by atomic mass is 10.1. The van der Waals surface area contributed by atoms with Crippen LogP contribution in [0.3, 0.4) is 0 Å². The largest absolute Gasteiger partial charge is 0.459 e. The number of sulfonamides is 1. The third-order valence-corrected chi connectivity index (χ3v) is 6.15. The topological polar surface area (TPSA) is 138 Å². The van der Waals surface area contributed by atoms with Gasteiger partial charge >= 0.3 is 5.97 Å². The molecule has 1 aliphatic carbocycles. The van der Waals surface area contributed by atoms with E-state index in [0.29, 0.717) is 23.7 Å². The van der Waals surface area contributed by atoms with Gasteiger partial charge in [-0.1, -0.05) is 0 Å². The number of ether oxygens (including phenoxy) is 1. The summed E-state index contributed by atoms with van der Waals surface area (Å²) in [6.07, 6.45) is 2.47. The van der Waals surface area contributed by atoms with Crippen molar-refractivity contribution >= 4 is 38.7 Å². The van der Waals surface area contributed by atoms with E-state index in [1.54, 1.807) is 20.8 Å². The molecule has 0 radical (unpaired) electrons. The number of nitrogens with zero attached hydrogens (tertiary/aromatic N) is 1. The predicted molar refractivity (Wildman–Crippen MR) is 106 cm³/mol. The van der Waals surface area contributed by atoms with Gasteiger partial charge in [-0.2, -0.15) is 0 Å². The number of esters is 1. The summed E-state index contributed by atoms with van der Waals surface area (Å²) in [6, 6.07) is 4.35. The second-order valence-electron chi connectivity index (χ2n) is 8.03. The number of amides is 2. The average molecular weight is 421 g/mol. The SMILES string of the molecule is CC(C)(C)OC(=O)Cn1cc(C(N)=O)c2cc(C(=O)NS(=O)(=O)C3CC3)ccc21. The number of hydrogen-bond acceptors (Lipinski definition) is 6. The molecule has 3 N–H and O–H groups in total. The van der Waals surface area contributed by atoms with E-state index in [1.807, 2.05) is 4.72 Å². The van der Waals surface area contributed by atoms with Gasteiger partial charge in [0.15, 0.2) is 0 Å². The van der Waals surface area contributed by atoms with E-state index in [4.69, 9.17) is 10.5 Å². The first-order valence-electron chi connectivity index (χ1n) is 9.08. The van der Waals surface area contributed by atoms with Crippen molar-refractivity contribution in [3.8, 4) is 0 Å². The van der Waals surface area contributed by atoms with Gasteiger partial charge in [0, 0.05) is 22.7 Å². The van der Waals surface area contributed by atoms with Gasteiger partial charge < -0.3 is 15.0 Å². The molecular formula is C19H23N3O6S. The average Bonchev–Trinajstić information content (AvgIpc) is 3.37. The summed E-state index contributed by atoms with van der Waals surface area (Å²) in [4.78, 5) is 36.4. The Hall–Kier alpha value is -2.88. The molecule has 10 heteroatoms. The molecule has 1 fully saturated rings. The van der Waals surface area contributed by atoms with Crippen molar-refractivity contribution in [3.05, 3.63) is 35.5 Å². The Bertz CT molecular complexity index is 1110. The molecule has 29 heavy (non-hydrogen) atoms. The van der Waals surface area contributed by atoms with Crippen molar-refractivity contribution in [2.45, 2.75) is 51.0 Å². The number of fused-ring (bicyclic) bond motifs is 1. The van der Waals surface area contributed by atoms with Crippen LogP contribution in [0.1, 0.15) is 54.3 Å². The fraction of sp³-hybridized carbons (Fsp3) is 0.421. The molecule has 156 valence electrons.